The van der Waals surface area contributed by atoms with Gasteiger partial charge in [-0.2, -0.15) is 0 Å². The van der Waals surface area contributed by atoms with Gasteiger partial charge in [0.25, 0.3) is 0 Å². The molecule has 2 unspecified atom stereocenters. The molecule has 0 saturated carbocycles. The highest BCUT2D eigenvalue weighted by molar-refractivity contribution is 5.66. The van der Waals surface area contributed by atoms with Crippen molar-refractivity contribution >= 4 is 5.97 Å². The third-order valence-electron chi connectivity index (χ3n) is 5.47. The van der Waals surface area contributed by atoms with E-state index < -0.39 is 18.2 Å². The topological polar surface area (TPSA) is 87.0 Å². The number of carbonyl (C=O) groups is 1. The second kappa shape index (κ2) is 10.9. The fourth-order valence-electron chi connectivity index (χ4n) is 4.02. The SMILES string of the molecule is CCCCCC(O)C=C[C@@H]1[C@@H](C=CCCCCC(=O)O)[C@@H]2O[C@H]1CC2O. The maximum Gasteiger partial charge on any atom is 0.303 e. The minimum atomic E-state index is -0.749. The average Bonchev–Trinajstić information content (AvgIpc) is 3.13. The van der Waals surface area contributed by atoms with Crippen molar-refractivity contribution in [2.45, 2.75) is 89.1 Å². The predicted octanol–water partition coefficient (Wildman–Crippen LogP) is 3.45. The van der Waals surface area contributed by atoms with Crippen molar-refractivity contribution in [3.05, 3.63) is 24.3 Å². The Balaban J connectivity index is 1.84. The largest absolute Gasteiger partial charge is 0.481 e. The van der Waals surface area contributed by atoms with E-state index in [0.717, 1.165) is 38.5 Å². The molecule has 2 aliphatic rings. The minimum absolute atomic E-state index is 0.0238. The van der Waals surface area contributed by atoms with E-state index in [-0.39, 0.29) is 30.5 Å². The number of ether oxygens (including phenoxy) is 1. The Morgan fingerprint density at radius 1 is 1.19 bits per heavy atom. The van der Waals surface area contributed by atoms with E-state index in [2.05, 4.69) is 25.2 Å². The van der Waals surface area contributed by atoms with Crippen LogP contribution in [0.3, 0.4) is 0 Å². The van der Waals surface area contributed by atoms with E-state index in [9.17, 15) is 15.0 Å². The lowest BCUT2D eigenvalue weighted by molar-refractivity contribution is -0.137. The molecule has 2 fully saturated rings. The smallest absolute Gasteiger partial charge is 0.303 e. The van der Waals surface area contributed by atoms with E-state index in [4.69, 9.17) is 9.84 Å². The first-order chi connectivity index (χ1) is 12.5. The van der Waals surface area contributed by atoms with Crippen molar-refractivity contribution in [2.75, 3.05) is 0 Å². The van der Waals surface area contributed by atoms with Crippen molar-refractivity contribution < 1.29 is 24.9 Å². The van der Waals surface area contributed by atoms with Crippen molar-refractivity contribution in [2.24, 2.45) is 11.8 Å². The zero-order valence-electron chi connectivity index (χ0n) is 15.8. The van der Waals surface area contributed by atoms with Crippen molar-refractivity contribution in [3.63, 3.8) is 0 Å². The fraction of sp³-hybridized carbons (Fsp3) is 0.762. The average molecular weight is 366 g/mol. The van der Waals surface area contributed by atoms with E-state index in [1.165, 1.54) is 0 Å². The number of hydrogen-bond donors (Lipinski definition) is 3. The lowest BCUT2D eigenvalue weighted by Crippen LogP contribution is -2.34. The first-order valence-electron chi connectivity index (χ1n) is 10.1. The summed E-state index contributed by atoms with van der Waals surface area (Å²) in [6.45, 7) is 2.15. The zero-order chi connectivity index (χ0) is 18.9. The van der Waals surface area contributed by atoms with Gasteiger partial charge in [-0.3, -0.25) is 4.79 Å². The highest BCUT2D eigenvalue weighted by atomic mass is 16.5. The predicted molar refractivity (Wildman–Crippen MR) is 101 cm³/mol. The van der Waals surface area contributed by atoms with E-state index >= 15 is 0 Å². The quantitative estimate of drug-likeness (QED) is 0.364. The lowest BCUT2D eigenvalue weighted by atomic mass is 9.77. The molecule has 2 saturated heterocycles. The molecule has 6 atom stereocenters. The van der Waals surface area contributed by atoms with Crippen LogP contribution in [0, 0.1) is 11.8 Å². The third kappa shape index (κ3) is 6.22. The number of unbranched alkanes of at least 4 members (excludes halogenated alkanes) is 4. The van der Waals surface area contributed by atoms with Gasteiger partial charge in [-0.25, -0.2) is 0 Å². The monoisotopic (exact) mass is 366 g/mol. The summed E-state index contributed by atoms with van der Waals surface area (Å²) in [6.07, 6.45) is 14.6. The van der Waals surface area contributed by atoms with Gasteiger partial charge in [0.15, 0.2) is 0 Å². The van der Waals surface area contributed by atoms with E-state index in [1.54, 1.807) is 0 Å². The normalized spacial score (nSPS) is 32.0. The van der Waals surface area contributed by atoms with Crippen LogP contribution in [0.1, 0.15) is 64.7 Å². The van der Waals surface area contributed by atoms with Crippen molar-refractivity contribution in [1.29, 1.82) is 0 Å². The molecule has 0 radical (unpaired) electrons. The number of hydrogen-bond acceptors (Lipinski definition) is 4. The van der Waals surface area contributed by atoms with Gasteiger partial charge in [0.05, 0.1) is 24.4 Å². The van der Waals surface area contributed by atoms with E-state index in [0.29, 0.717) is 12.8 Å². The van der Waals surface area contributed by atoms with Crippen LogP contribution in [0.2, 0.25) is 0 Å². The molecule has 0 aromatic carbocycles. The summed E-state index contributed by atoms with van der Waals surface area (Å²) in [5, 5.41) is 28.9. The van der Waals surface area contributed by atoms with Crippen LogP contribution < -0.4 is 0 Å². The molecule has 0 aromatic heterocycles. The number of carboxylic acids is 1. The Bertz CT molecular complexity index is 487. The summed E-state index contributed by atoms with van der Waals surface area (Å²) in [7, 11) is 0. The minimum Gasteiger partial charge on any atom is -0.481 e. The van der Waals surface area contributed by atoms with Crippen LogP contribution in [0.4, 0.5) is 0 Å². The first-order valence-corrected chi connectivity index (χ1v) is 10.1. The number of aliphatic hydroxyl groups is 2. The Labute approximate surface area is 156 Å². The van der Waals surface area contributed by atoms with Gasteiger partial charge < -0.3 is 20.1 Å². The highest BCUT2D eigenvalue weighted by Gasteiger charge is 2.51. The van der Waals surface area contributed by atoms with E-state index in [1.807, 2.05) is 6.08 Å². The summed E-state index contributed by atoms with van der Waals surface area (Å²) in [6, 6.07) is 0. The van der Waals surface area contributed by atoms with Crippen molar-refractivity contribution in [1.82, 2.24) is 0 Å². The molecule has 3 N–H and O–H groups in total. The molecule has 2 aliphatic heterocycles. The van der Waals surface area contributed by atoms with Crippen LogP contribution in [0.25, 0.3) is 0 Å². The van der Waals surface area contributed by atoms with Gasteiger partial charge >= 0.3 is 5.97 Å². The summed E-state index contributed by atoms with van der Waals surface area (Å²) < 4.78 is 5.94. The zero-order valence-corrected chi connectivity index (χ0v) is 15.8. The molecule has 0 aliphatic carbocycles. The van der Waals surface area contributed by atoms with Crippen LogP contribution in [-0.2, 0) is 9.53 Å². The number of fused-ring (bicyclic) bond motifs is 2. The van der Waals surface area contributed by atoms with Gasteiger partial charge in [0.2, 0.25) is 0 Å². The number of rotatable bonds is 12. The summed E-state index contributed by atoms with van der Waals surface area (Å²) >= 11 is 0. The molecular weight excluding hydrogens is 332 g/mol. The molecule has 2 rings (SSSR count). The Morgan fingerprint density at radius 2 is 2.00 bits per heavy atom. The molecule has 5 heteroatoms. The molecule has 148 valence electrons. The summed E-state index contributed by atoms with van der Waals surface area (Å²) in [5.41, 5.74) is 0. The molecule has 0 spiro atoms. The number of aliphatic hydroxyl groups excluding tert-OH is 2. The summed E-state index contributed by atoms with van der Waals surface area (Å²) in [5.74, 6) is -0.428. The van der Waals surface area contributed by atoms with Gasteiger partial charge in [0, 0.05) is 24.7 Å². The van der Waals surface area contributed by atoms with Crippen LogP contribution >= 0.6 is 0 Å². The second-order valence-electron chi connectivity index (χ2n) is 7.61. The molecule has 26 heavy (non-hydrogen) atoms. The maximum absolute atomic E-state index is 10.5. The fourth-order valence-corrected chi connectivity index (χ4v) is 4.02. The molecule has 2 bridgehead atoms. The lowest BCUT2D eigenvalue weighted by Gasteiger charge is -2.26. The van der Waals surface area contributed by atoms with Gasteiger partial charge in [-0.05, 0) is 25.7 Å². The Hall–Kier alpha value is -1.17. The second-order valence-corrected chi connectivity index (χ2v) is 7.61. The molecule has 2 heterocycles. The van der Waals surface area contributed by atoms with Crippen LogP contribution in [-0.4, -0.2) is 45.7 Å². The Kier molecular flexibility index (Phi) is 8.82. The molecule has 5 nitrogen and oxygen atoms in total. The van der Waals surface area contributed by atoms with Gasteiger partial charge in [0.1, 0.15) is 0 Å². The first kappa shape index (κ1) is 21.1. The number of aliphatic carboxylic acids is 1. The number of allylic oxidation sites excluding steroid dienone is 1. The van der Waals surface area contributed by atoms with Crippen LogP contribution in [0.15, 0.2) is 24.3 Å². The van der Waals surface area contributed by atoms with Crippen LogP contribution in [0.5, 0.6) is 0 Å². The molecule has 0 aromatic rings. The highest BCUT2D eigenvalue weighted by Crippen LogP contribution is 2.45. The van der Waals surface area contributed by atoms with Gasteiger partial charge in [-0.1, -0.05) is 50.5 Å². The Morgan fingerprint density at radius 3 is 2.73 bits per heavy atom. The standard InChI is InChI=1S/C21H34O5/c1-2-3-6-9-15(22)12-13-16-17(21-18(23)14-19(16)26-21)10-7-4-5-8-11-20(24)25/h7,10,12-13,15-19,21-23H,2-6,8-9,11,14H2,1H3,(H,24,25)/t15?,16-,17-,18?,19+,21+/m1/s1. The van der Waals surface area contributed by atoms with Gasteiger partial charge in [-0.15, -0.1) is 0 Å². The number of carboxylic acid groups (broad SMARTS) is 1. The maximum atomic E-state index is 10.5. The third-order valence-corrected chi connectivity index (χ3v) is 5.47. The summed E-state index contributed by atoms with van der Waals surface area (Å²) in [4.78, 5) is 10.5. The molecule has 0 amide bonds. The molecular formula is C21H34O5. The van der Waals surface area contributed by atoms with Crippen molar-refractivity contribution in [3.8, 4) is 0 Å².